The van der Waals surface area contributed by atoms with Crippen molar-refractivity contribution in [2.24, 2.45) is 0 Å². The van der Waals surface area contributed by atoms with Gasteiger partial charge in [-0.25, -0.2) is 0 Å². The molecule has 20 heavy (non-hydrogen) atoms. The van der Waals surface area contributed by atoms with Gasteiger partial charge in [0, 0.05) is 11.4 Å². The monoisotopic (exact) mass is 282 g/mol. The van der Waals surface area contributed by atoms with Crippen LogP contribution in [0.1, 0.15) is 29.9 Å². The molecule has 0 N–H and O–H groups in total. The summed E-state index contributed by atoms with van der Waals surface area (Å²) in [5.74, 6) is 0.418. The van der Waals surface area contributed by atoms with Gasteiger partial charge in [-0.15, -0.1) is 0 Å². The van der Waals surface area contributed by atoms with Crippen LogP contribution < -0.4 is 0 Å². The van der Waals surface area contributed by atoms with E-state index in [9.17, 15) is 4.79 Å². The van der Waals surface area contributed by atoms with Gasteiger partial charge in [0.15, 0.2) is 5.78 Å². The van der Waals surface area contributed by atoms with E-state index >= 15 is 0 Å². The minimum absolute atomic E-state index is 0.195. The minimum atomic E-state index is 0.195. The lowest BCUT2D eigenvalue weighted by molar-refractivity contribution is -0.115. The Balaban J connectivity index is 1.91. The number of benzene rings is 2. The predicted octanol–water partition coefficient (Wildman–Crippen LogP) is 4.87. The second kappa shape index (κ2) is 5.64. The zero-order chi connectivity index (χ0) is 13.9. The maximum atomic E-state index is 12.0. The second-order valence-corrected chi connectivity index (χ2v) is 5.60. The summed E-state index contributed by atoms with van der Waals surface area (Å²) in [6.07, 6.45) is 3.24. The van der Waals surface area contributed by atoms with Crippen LogP contribution in [0.15, 0.2) is 60.7 Å². The average Bonchev–Trinajstić information content (AvgIpc) is 2.47. The van der Waals surface area contributed by atoms with E-state index in [1.54, 1.807) is 6.08 Å². The number of hydrogen-bond acceptors (Lipinski definition) is 1. The molecule has 1 aliphatic rings. The third-order valence-corrected chi connectivity index (χ3v) is 3.95. The number of halogens is 1. The van der Waals surface area contributed by atoms with Crippen molar-refractivity contribution >= 4 is 23.0 Å². The Morgan fingerprint density at radius 2 is 1.75 bits per heavy atom. The molecule has 0 radical (unpaired) electrons. The van der Waals surface area contributed by atoms with E-state index in [4.69, 9.17) is 11.6 Å². The van der Waals surface area contributed by atoms with Crippen molar-refractivity contribution in [2.75, 3.05) is 0 Å². The molecule has 0 spiro atoms. The lowest BCUT2D eigenvalue weighted by Gasteiger charge is -2.23. The highest BCUT2D eigenvalue weighted by molar-refractivity contribution is 6.30. The van der Waals surface area contributed by atoms with Crippen LogP contribution in [0.5, 0.6) is 0 Å². The molecule has 0 aliphatic heterocycles. The number of carbonyl (C=O) groups is 1. The summed E-state index contributed by atoms with van der Waals surface area (Å²) in [6, 6.07) is 17.9. The first-order valence-corrected chi connectivity index (χ1v) is 7.14. The first kappa shape index (κ1) is 13.1. The Morgan fingerprint density at radius 3 is 2.50 bits per heavy atom. The Hall–Kier alpha value is -1.86. The molecule has 0 saturated heterocycles. The first-order chi connectivity index (χ1) is 9.72. The summed E-state index contributed by atoms with van der Waals surface area (Å²) >= 11 is 6.05. The van der Waals surface area contributed by atoms with Crippen LogP contribution in [0.2, 0.25) is 5.02 Å². The largest absolute Gasteiger partial charge is 0.295 e. The molecular formula is C18H15ClO. The maximum absolute atomic E-state index is 12.0. The van der Waals surface area contributed by atoms with Gasteiger partial charge in [0.1, 0.15) is 0 Å². The van der Waals surface area contributed by atoms with Crippen molar-refractivity contribution in [1.29, 1.82) is 0 Å². The van der Waals surface area contributed by atoms with Crippen LogP contribution in [0.25, 0.3) is 5.57 Å². The Labute approximate surface area is 123 Å². The van der Waals surface area contributed by atoms with E-state index in [2.05, 4.69) is 18.2 Å². The summed E-state index contributed by atoms with van der Waals surface area (Å²) in [7, 11) is 0. The Bertz CT molecular complexity index is 658. The number of carbonyl (C=O) groups excluding carboxylic acids is 1. The molecule has 0 heterocycles. The van der Waals surface area contributed by atoms with Crippen LogP contribution >= 0.6 is 11.6 Å². The summed E-state index contributed by atoms with van der Waals surface area (Å²) in [5, 5.41) is 0.728. The van der Waals surface area contributed by atoms with Gasteiger partial charge in [0.2, 0.25) is 0 Å². The quantitative estimate of drug-likeness (QED) is 0.768. The van der Waals surface area contributed by atoms with Gasteiger partial charge >= 0.3 is 0 Å². The van der Waals surface area contributed by atoms with E-state index in [1.807, 2.05) is 36.4 Å². The van der Waals surface area contributed by atoms with Crippen molar-refractivity contribution in [1.82, 2.24) is 0 Å². The summed E-state index contributed by atoms with van der Waals surface area (Å²) < 4.78 is 0. The molecule has 0 aromatic heterocycles. The van der Waals surface area contributed by atoms with Crippen LogP contribution in [-0.4, -0.2) is 5.78 Å². The molecule has 1 atom stereocenters. The van der Waals surface area contributed by atoms with Crippen molar-refractivity contribution in [2.45, 2.75) is 18.8 Å². The third-order valence-electron chi connectivity index (χ3n) is 3.71. The summed E-state index contributed by atoms with van der Waals surface area (Å²) in [4.78, 5) is 12.0. The van der Waals surface area contributed by atoms with Crippen LogP contribution in [-0.2, 0) is 4.79 Å². The van der Waals surface area contributed by atoms with E-state index < -0.39 is 0 Å². The SMILES string of the molecule is O=C1C=C(c2ccccc2)C[C@@H](c2cccc(Cl)c2)C1. The predicted molar refractivity (Wildman–Crippen MR) is 82.9 cm³/mol. The van der Waals surface area contributed by atoms with Crippen LogP contribution in [0.3, 0.4) is 0 Å². The van der Waals surface area contributed by atoms with E-state index in [0.29, 0.717) is 6.42 Å². The Kier molecular flexibility index (Phi) is 3.70. The number of hydrogen-bond donors (Lipinski definition) is 0. The molecule has 0 amide bonds. The third kappa shape index (κ3) is 2.83. The highest BCUT2D eigenvalue weighted by atomic mass is 35.5. The second-order valence-electron chi connectivity index (χ2n) is 5.16. The average molecular weight is 283 g/mol. The fourth-order valence-corrected chi connectivity index (χ4v) is 2.94. The lowest BCUT2D eigenvalue weighted by atomic mass is 9.81. The molecule has 1 nitrogen and oxygen atoms in total. The van der Waals surface area contributed by atoms with Gasteiger partial charge in [-0.2, -0.15) is 0 Å². The molecule has 2 heteroatoms. The molecule has 0 fully saturated rings. The molecule has 2 aromatic rings. The minimum Gasteiger partial charge on any atom is -0.295 e. The molecule has 3 rings (SSSR count). The normalized spacial score (nSPS) is 18.8. The maximum Gasteiger partial charge on any atom is 0.156 e. The molecule has 2 aromatic carbocycles. The lowest BCUT2D eigenvalue weighted by Crippen LogP contribution is -2.12. The fraction of sp³-hybridized carbons (Fsp3) is 0.167. The molecule has 100 valence electrons. The molecular weight excluding hydrogens is 268 g/mol. The first-order valence-electron chi connectivity index (χ1n) is 6.76. The summed E-state index contributed by atoms with van der Waals surface area (Å²) in [5.41, 5.74) is 3.40. The zero-order valence-electron chi connectivity index (χ0n) is 11.1. The highest BCUT2D eigenvalue weighted by Crippen LogP contribution is 2.36. The highest BCUT2D eigenvalue weighted by Gasteiger charge is 2.22. The number of ketones is 1. The molecule has 0 unspecified atom stereocenters. The van der Waals surface area contributed by atoms with E-state index in [0.717, 1.165) is 28.1 Å². The van der Waals surface area contributed by atoms with E-state index in [1.165, 1.54) is 0 Å². The molecule has 0 saturated carbocycles. The molecule has 1 aliphatic carbocycles. The van der Waals surface area contributed by atoms with Gasteiger partial charge in [0.25, 0.3) is 0 Å². The number of rotatable bonds is 2. The van der Waals surface area contributed by atoms with Crippen molar-refractivity contribution in [3.63, 3.8) is 0 Å². The zero-order valence-corrected chi connectivity index (χ0v) is 11.8. The van der Waals surface area contributed by atoms with Gasteiger partial charge in [-0.05, 0) is 47.2 Å². The van der Waals surface area contributed by atoms with E-state index in [-0.39, 0.29) is 11.7 Å². The van der Waals surface area contributed by atoms with Gasteiger partial charge in [-0.3, -0.25) is 4.79 Å². The van der Waals surface area contributed by atoms with Gasteiger partial charge in [0.05, 0.1) is 0 Å². The van der Waals surface area contributed by atoms with Gasteiger partial charge in [-0.1, -0.05) is 54.1 Å². The van der Waals surface area contributed by atoms with Crippen LogP contribution in [0.4, 0.5) is 0 Å². The fourth-order valence-electron chi connectivity index (χ4n) is 2.74. The Morgan fingerprint density at radius 1 is 0.950 bits per heavy atom. The van der Waals surface area contributed by atoms with Gasteiger partial charge < -0.3 is 0 Å². The standard InChI is InChI=1S/C18H15ClO/c19-17-8-4-7-14(10-17)16-9-15(11-18(20)12-16)13-5-2-1-3-6-13/h1-8,10-11,16H,9,12H2/t16-/m1/s1. The summed E-state index contributed by atoms with van der Waals surface area (Å²) in [6.45, 7) is 0. The number of allylic oxidation sites excluding steroid dienone is 2. The van der Waals surface area contributed by atoms with Crippen molar-refractivity contribution < 1.29 is 4.79 Å². The van der Waals surface area contributed by atoms with Crippen LogP contribution in [0, 0.1) is 0 Å². The topological polar surface area (TPSA) is 17.1 Å². The smallest absolute Gasteiger partial charge is 0.156 e. The van der Waals surface area contributed by atoms with Crippen molar-refractivity contribution in [3.8, 4) is 0 Å². The molecule has 0 bridgehead atoms. The van der Waals surface area contributed by atoms with Crippen molar-refractivity contribution in [3.05, 3.63) is 76.8 Å².